The molecule has 0 unspecified atom stereocenters. The van der Waals surface area contributed by atoms with Gasteiger partial charge < -0.3 is 9.73 Å². The van der Waals surface area contributed by atoms with Gasteiger partial charge in [-0.15, -0.1) is 6.42 Å². The Kier molecular flexibility index (Phi) is 4.96. The minimum Gasteiger partial charge on any atom is -0.436 e. The molecule has 0 bridgehead atoms. The van der Waals surface area contributed by atoms with Gasteiger partial charge in [0.15, 0.2) is 5.76 Å². The van der Waals surface area contributed by atoms with E-state index in [1.807, 2.05) is 49.4 Å². The molecule has 4 rings (SSSR count). The van der Waals surface area contributed by atoms with Crippen LogP contribution >= 0.6 is 0 Å². The molecule has 1 N–H and O–H groups in total. The largest absolute Gasteiger partial charge is 0.436 e. The number of terminal acetylenes is 1. The number of benzene rings is 3. The summed E-state index contributed by atoms with van der Waals surface area (Å²) < 4.78 is 5.96. The van der Waals surface area contributed by atoms with Gasteiger partial charge in [-0.3, -0.25) is 4.79 Å². The fraction of sp³-hybridized carbons (Fsp3) is 0.0400. The fourth-order valence-corrected chi connectivity index (χ4v) is 3.00. The number of oxazole rings is 1. The van der Waals surface area contributed by atoms with Crippen molar-refractivity contribution in [2.24, 2.45) is 0 Å². The highest BCUT2D eigenvalue weighted by molar-refractivity contribution is 6.08. The molecule has 0 fully saturated rings. The Balaban J connectivity index is 1.64. The van der Waals surface area contributed by atoms with Crippen molar-refractivity contribution in [1.29, 1.82) is 0 Å². The Hall–Kier alpha value is -4.10. The van der Waals surface area contributed by atoms with Gasteiger partial charge in [-0.1, -0.05) is 53.9 Å². The molecule has 3 aromatic carbocycles. The Labute approximate surface area is 169 Å². The van der Waals surface area contributed by atoms with Gasteiger partial charge in [0.1, 0.15) is 0 Å². The Morgan fingerprint density at radius 2 is 1.83 bits per heavy atom. The Morgan fingerprint density at radius 3 is 2.62 bits per heavy atom. The predicted molar refractivity (Wildman–Crippen MR) is 114 cm³/mol. The van der Waals surface area contributed by atoms with Gasteiger partial charge in [-0.25, -0.2) is 4.98 Å². The molecule has 1 amide bonds. The number of hydrogen-bond donors (Lipinski definition) is 1. The quantitative estimate of drug-likeness (QED) is 0.474. The van der Waals surface area contributed by atoms with Crippen LogP contribution in [-0.4, -0.2) is 10.9 Å². The van der Waals surface area contributed by atoms with E-state index in [0.717, 1.165) is 5.56 Å². The topological polar surface area (TPSA) is 55.1 Å². The third-order valence-electron chi connectivity index (χ3n) is 4.53. The highest BCUT2D eigenvalue weighted by Gasteiger charge is 2.17. The lowest BCUT2D eigenvalue weighted by molar-refractivity contribution is 0.102. The second-order valence-corrected chi connectivity index (χ2v) is 6.62. The van der Waals surface area contributed by atoms with E-state index < -0.39 is 0 Å². The molecule has 0 atom stereocenters. The normalized spacial score (nSPS) is 10.3. The van der Waals surface area contributed by atoms with Crippen molar-refractivity contribution in [1.82, 2.24) is 4.98 Å². The molecule has 0 radical (unpaired) electrons. The lowest BCUT2D eigenvalue weighted by Gasteiger charge is -2.08. The van der Waals surface area contributed by atoms with Crippen LogP contribution in [0, 0.1) is 19.3 Å². The van der Waals surface area contributed by atoms with E-state index in [1.165, 1.54) is 5.56 Å². The monoisotopic (exact) mass is 378 g/mol. The van der Waals surface area contributed by atoms with Crippen molar-refractivity contribution in [3.8, 4) is 35.1 Å². The highest BCUT2D eigenvalue weighted by atomic mass is 16.4. The van der Waals surface area contributed by atoms with Gasteiger partial charge in [0.05, 0.1) is 11.8 Å². The number of carbonyl (C=O) groups is 1. The van der Waals surface area contributed by atoms with Crippen molar-refractivity contribution in [3.63, 3.8) is 0 Å². The second-order valence-electron chi connectivity index (χ2n) is 6.62. The average molecular weight is 378 g/mol. The molecule has 0 saturated heterocycles. The Bertz CT molecular complexity index is 1210. The maximum absolute atomic E-state index is 12.9. The molecule has 4 nitrogen and oxygen atoms in total. The minimum atomic E-state index is -0.259. The SMILES string of the molecule is C#Cc1cccc(NC(=O)c2ccccc2-c2ncc(-c3ccc(C)cc3)o2)c1. The van der Waals surface area contributed by atoms with Gasteiger partial charge in [-0.2, -0.15) is 0 Å². The first-order chi connectivity index (χ1) is 14.1. The van der Waals surface area contributed by atoms with Gasteiger partial charge >= 0.3 is 0 Å². The molecule has 0 aliphatic rings. The summed E-state index contributed by atoms with van der Waals surface area (Å²) in [6.45, 7) is 2.03. The zero-order valence-corrected chi connectivity index (χ0v) is 15.8. The molecule has 4 aromatic rings. The van der Waals surface area contributed by atoms with Gasteiger partial charge in [-0.05, 0) is 37.3 Å². The number of nitrogens with one attached hydrogen (secondary N) is 1. The summed E-state index contributed by atoms with van der Waals surface area (Å²) in [5.74, 6) is 3.35. The summed E-state index contributed by atoms with van der Waals surface area (Å²) in [5.41, 5.74) is 4.53. The molecule has 140 valence electrons. The zero-order valence-electron chi connectivity index (χ0n) is 15.8. The van der Waals surface area contributed by atoms with E-state index in [2.05, 4.69) is 16.2 Å². The molecular weight excluding hydrogens is 360 g/mol. The third-order valence-corrected chi connectivity index (χ3v) is 4.53. The van der Waals surface area contributed by atoms with Crippen molar-refractivity contribution in [2.75, 3.05) is 5.32 Å². The van der Waals surface area contributed by atoms with Crippen LogP contribution in [-0.2, 0) is 0 Å². The third kappa shape index (κ3) is 3.95. The lowest BCUT2D eigenvalue weighted by atomic mass is 10.1. The molecule has 1 aromatic heterocycles. The number of rotatable bonds is 4. The molecule has 29 heavy (non-hydrogen) atoms. The first-order valence-electron chi connectivity index (χ1n) is 9.14. The van der Waals surface area contributed by atoms with Crippen LogP contribution < -0.4 is 5.32 Å². The molecule has 4 heteroatoms. The fourth-order valence-electron chi connectivity index (χ4n) is 3.00. The predicted octanol–water partition coefficient (Wildman–Crippen LogP) is 5.55. The minimum absolute atomic E-state index is 0.259. The summed E-state index contributed by atoms with van der Waals surface area (Å²) in [6, 6.07) is 22.4. The molecule has 0 spiro atoms. The lowest BCUT2D eigenvalue weighted by Crippen LogP contribution is -2.13. The summed E-state index contributed by atoms with van der Waals surface area (Å²) in [7, 11) is 0. The van der Waals surface area contributed by atoms with Crippen molar-refractivity contribution in [2.45, 2.75) is 6.92 Å². The van der Waals surface area contributed by atoms with Crippen LogP contribution in [0.2, 0.25) is 0 Å². The van der Waals surface area contributed by atoms with Crippen molar-refractivity contribution >= 4 is 11.6 Å². The molecule has 0 aliphatic heterocycles. The summed E-state index contributed by atoms with van der Waals surface area (Å²) >= 11 is 0. The molecule has 1 heterocycles. The zero-order chi connectivity index (χ0) is 20.2. The van der Waals surface area contributed by atoms with Crippen LogP contribution in [0.1, 0.15) is 21.5 Å². The molecule has 0 aliphatic carbocycles. The maximum Gasteiger partial charge on any atom is 0.256 e. The van der Waals surface area contributed by atoms with Gasteiger partial charge in [0.2, 0.25) is 5.89 Å². The summed E-state index contributed by atoms with van der Waals surface area (Å²) in [6.07, 6.45) is 7.11. The van der Waals surface area contributed by atoms with Gasteiger partial charge in [0, 0.05) is 22.4 Å². The van der Waals surface area contributed by atoms with Crippen molar-refractivity contribution in [3.05, 3.63) is 95.7 Å². The second kappa shape index (κ2) is 7.87. The van der Waals surface area contributed by atoms with Crippen LogP contribution in [0.25, 0.3) is 22.8 Å². The van der Waals surface area contributed by atoms with Crippen LogP contribution in [0.4, 0.5) is 5.69 Å². The number of nitrogens with zero attached hydrogens (tertiary/aromatic N) is 1. The van der Waals surface area contributed by atoms with E-state index in [9.17, 15) is 4.79 Å². The number of amides is 1. The molecular formula is C25H18N2O2. The summed E-state index contributed by atoms with van der Waals surface area (Å²) in [5, 5.41) is 2.88. The highest BCUT2D eigenvalue weighted by Crippen LogP contribution is 2.29. The number of aromatic nitrogens is 1. The average Bonchev–Trinajstić information content (AvgIpc) is 3.24. The first-order valence-corrected chi connectivity index (χ1v) is 9.14. The van der Waals surface area contributed by atoms with E-state index in [4.69, 9.17) is 10.8 Å². The van der Waals surface area contributed by atoms with Crippen molar-refractivity contribution < 1.29 is 9.21 Å². The number of carbonyl (C=O) groups excluding carboxylic acids is 1. The maximum atomic E-state index is 12.9. The Morgan fingerprint density at radius 1 is 1.03 bits per heavy atom. The van der Waals surface area contributed by atoms with Crippen LogP contribution in [0.5, 0.6) is 0 Å². The number of hydrogen-bond acceptors (Lipinski definition) is 3. The van der Waals surface area contributed by atoms with E-state index in [0.29, 0.717) is 34.0 Å². The van der Waals surface area contributed by atoms with Gasteiger partial charge in [0.25, 0.3) is 5.91 Å². The number of aryl methyl sites for hydroxylation is 1. The summed E-state index contributed by atoms with van der Waals surface area (Å²) in [4.78, 5) is 17.3. The standard InChI is InChI=1S/C25H18N2O2/c1-3-18-7-6-8-20(15-18)27-24(28)21-9-4-5-10-22(21)25-26-16-23(29-25)19-13-11-17(2)12-14-19/h1,4-16H,2H3,(H,27,28). The van der Waals surface area contributed by atoms with Crippen LogP contribution in [0.15, 0.2) is 83.4 Å². The smallest absolute Gasteiger partial charge is 0.256 e. The van der Waals surface area contributed by atoms with E-state index >= 15 is 0 Å². The molecule has 0 saturated carbocycles. The first kappa shape index (κ1) is 18.3. The van der Waals surface area contributed by atoms with E-state index in [-0.39, 0.29) is 5.91 Å². The number of anilines is 1. The van der Waals surface area contributed by atoms with E-state index in [1.54, 1.807) is 36.5 Å². The van der Waals surface area contributed by atoms with Crippen LogP contribution in [0.3, 0.4) is 0 Å².